The van der Waals surface area contributed by atoms with E-state index in [1.54, 1.807) is 17.7 Å². The smallest absolute Gasteiger partial charge is 0.361 e. The van der Waals surface area contributed by atoms with Crippen LogP contribution in [0.3, 0.4) is 0 Å². The minimum absolute atomic E-state index is 0.152. The summed E-state index contributed by atoms with van der Waals surface area (Å²) in [7, 11) is 0. The molecule has 0 aliphatic heterocycles. The Bertz CT molecular complexity index is 637. The van der Waals surface area contributed by atoms with E-state index in [2.05, 4.69) is 16.9 Å². The van der Waals surface area contributed by atoms with Crippen molar-refractivity contribution in [3.05, 3.63) is 58.9 Å². The summed E-state index contributed by atoms with van der Waals surface area (Å²) < 4.78 is 6.58. The molecule has 2 aromatic rings. The number of aromatic nitrogens is 3. The number of hydrogen-bond acceptors (Lipinski definition) is 4. The molecule has 0 radical (unpaired) electrons. The zero-order chi connectivity index (χ0) is 14.5. The molecule has 0 saturated carbocycles. The van der Waals surface area contributed by atoms with Crippen LogP contribution in [-0.4, -0.2) is 27.6 Å². The standard InChI is InChI=1S/C14H14ClN3O2/c1-3-7-20-14(19)13-10(2)18(17-16-13)9-11-5-4-6-12(15)8-11/h3-6,8H,1,7,9H2,2H3. The van der Waals surface area contributed by atoms with Crippen LogP contribution in [0.2, 0.25) is 5.02 Å². The molecule has 6 heteroatoms. The summed E-state index contributed by atoms with van der Waals surface area (Å²) in [6.07, 6.45) is 1.50. The van der Waals surface area contributed by atoms with Crippen molar-refractivity contribution >= 4 is 17.6 Å². The van der Waals surface area contributed by atoms with Gasteiger partial charge < -0.3 is 4.74 Å². The van der Waals surface area contributed by atoms with E-state index in [0.29, 0.717) is 17.3 Å². The maximum atomic E-state index is 11.7. The van der Waals surface area contributed by atoms with Gasteiger partial charge in [0.2, 0.25) is 0 Å². The van der Waals surface area contributed by atoms with Crippen LogP contribution in [-0.2, 0) is 11.3 Å². The first-order valence-corrected chi connectivity index (χ1v) is 6.42. The number of nitrogens with zero attached hydrogens (tertiary/aromatic N) is 3. The summed E-state index contributed by atoms with van der Waals surface area (Å²) >= 11 is 5.93. The van der Waals surface area contributed by atoms with Crippen molar-refractivity contribution < 1.29 is 9.53 Å². The molecule has 0 amide bonds. The predicted octanol–water partition coefficient (Wildman–Crippen LogP) is 2.63. The van der Waals surface area contributed by atoms with Gasteiger partial charge >= 0.3 is 5.97 Å². The summed E-state index contributed by atoms with van der Waals surface area (Å²) in [5, 5.41) is 8.48. The van der Waals surface area contributed by atoms with Crippen LogP contribution < -0.4 is 0 Å². The van der Waals surface area contributed by atoms with Gasteiger partial charge in [-0.05, 0) is 24.6 Å². The molecule has 0 fully saturated rings. The van der Waals surface area contributed by atoms with E-state index in [1.165, 1.54) is 6.08 Å². The molecule has 1 aromatic carbocycles. The highest BCUT2D eigenvalue weighted by Gasteiger charge is 2.17. The summed E-state index contributed by atoms with van der Waals surface area (Å²) in [5.74, 6) is -0.500. The molecular weight excluding hydrogens is 278 g/mol. The number of carbonyl (C=O) groups is 1. The van der Waals surface area contributed by atoms with Crippen molar-refractivity contribution in [1.82, 2.24) is 15.0 Å². The average molecular weight is 292 g/mol. The van der Waals surface area contributed by atoms with Gasteiger partial charge in [-0.1, -0.05) is 41.6 Å². The second-order valence-corrected chi connectivity index (χ2v) is 4.63. The van der Waals surface area contributed by atoms with E-state index in [4.69, 9.17) is 16.3 Å². The molecule has 2 rings (SSSR count). The highest BCUT2D eigenvalue weighted by Crippen LogP contribution is 2.13. The number of hydrogen-bond donors (Lipinski definition) is 0. The third kappa shape index (κ3) is 3.24. The lowest BCUT2D eigenvalue weighted by molar-refractivity contribution is 0.0542. The highest BCUT2D eigenvalue weighted by molar-refractivity contribution is 6.30. The highest BCUT2D eigenvalue weighted by atomic mass is 35.5. The second-order valence-electron chi connectivity index (χ2n) is 4.20. The first-order chi connectivity index (χ1) is 9.61. The zero-order valence-corrected chi connectivity index (χ0v) is 11.8. The molecule has 5 nitrogen and oxygen atoms in total. The molecular formula is C14H14ClN3O2. The van der Waals surface area contributed by atoms with Gasteiger partial charge in [0, 0.05) is 5.02 Å². The van der Waals surface area contributed by atoms with Crippen molar-refractivity contribution in [3.63, 3.8) is 0 Å². The Labute approximate surface area is 121 Å². The van der Waals surface area contributed by atoms with Gasteiger partial charge in [-0.2, -0.15) is 0 Å². The van der Waals surface area contributed by atoms with Crippen molar-refractivity contribution in [2.45, 2.75) is 13.5 Å². The van der Waals surface area contributed by atoms with Crippen molar-refractivity contribution in [3.8, 4) is 0 Å². The molecule has 0 spiro atoms. The van der Waals surface area contributed by atoms with Crippen molar-refractivity contribution in [2.75, 3.05) is 6.61 Å². The molecule has 0 saturated heterocycles. The predicted molar refractivity (Wildman–Crippen MR) is 75.8 cm³/mol. The number of benzene rings is 1. The first-order valence-electron chi connectivity index (χ1n) is 6.04. The normalized spacial score (nSPS) is 10.3. The summed E-state index contributed by atoms with van der Waals surface area (Å²) in [6, 6.07) is 7.45. The van der Waals surface area contributed by atoms with E-state index >= 15 is 0 Å². The molecule has 0 N–H and O–H groups in total. The van der Waals surface area contributed by atoms with Crippen molar-refractivity contribution in [1.29, 1.82) is 0 Å². The van der Waals surface area contributed by atoms with Gasteiger partial charge in [0.05, 0.1) is 12.2 Å². The fraction of sp³-hybridized carbons (Fsp3) is 0.214. The quantitative estimate of drug-likeness (QED) is 0.628. The average Bonchev–Trinajstić information content (AvgIpc) is 2.78. The Hall–Kier alpha value is -2.14. The molecule has 20 heavy (non-hydrogen) atoms. The molecule has 0 aliphatic carbocycles. The molecule has 1 aromatic heterocycles. The van der Waals surface area contributed by atoms with E-state index in [0.717, 1.165) is 5.56 Å². The Balaban J connectivity index is 2.16. The van der Waals surface area contributed by atoms with Crippen LogP contribution in [0.4, 0.5) is 0 Å². The first kappa shape index (κ1) is 14.3. The maximum Gasteiger partial charge on any atom is 0.361 e. The van der Waals surface area contributed by atoms with Gasteiger partial charge in [-0.25, -0.2) is 9.48 Å². The lowest BCUT2D eigenvalue weighted by Crippen LogP contribution is -2.09. The lowest BCUT2D eigenvalue weighted by Gasteiger charge is -2.04. The molecule has 0 atom stereocenters. The SMILES string of the molecule is C=CCOC(=O)c1nnn(Cc2cccc(Cl)c2)c1C. The monoisotopic (exact) mass is 291 g/mol. The zero-order valence-electron chi connectivity index (χ0n) is 11.0. The lowest BCUT2D eigenvalue weighted by atomic mass is 10.2. The van der Waals surface area contributed by atoms with Gasteiger partial charge in [0.25, 0.3) is 0 Å². The van der Waals surface area contributed by atoms with Crippen LogP contribution >= 0.6 is 11.6 Å². The van der Waals surface area contributed by atoms with Crippen LogP contribution in [0.25, 0.3) is 0 Å². The molecule has 1 heterocycles. The van der Waals surface area contributed by atoms with Crippen LogP contribution in [0.1, 0.15) is 21.7 Å². The van der Waals surface area contributed by atoms with E-state index in [1.807, 2.05) is 18.2 Å². The second kappa shape index (κ2) is 6.34. The van der Waals surface area contributed by atoms with Gasteiger partial charge in [0.15, 0.2) is 5.69 Å². The van der Waals surface area contributed by atoms with E-state index in [-0.39, 0.29) is 12.3 Å². The summed E-state index contributed by atoms with van der Waals surface area (Å²) in [5.41, 5.74) is 1.85. The molecule has 0 bridgehead atoms. The van der Waals surface area contributed by atoms with Crippen LogP contribution in [0.5, 0.6) is 0 Å². The Morgan fingerprint density at radius 2 is 2.35 bits per heavy atom. The van der Waals surface area contributed by atoms with Gasteiger partial charge in [-0.3, -0.25) is 0 Å². The number of rotatable bonds is 5. The van der Waals surface area contributed by atoms with E-state index in [9.17, 15) is 4.79 Å². The Morgan fingerprint density at radius 3 is 3.05 bits per heavy atom. The largest absolute Gasteiger partial charge is 0.457 e. The fourth-order valence-electron chi connectivity index (χ4n) is 1.71. The summed E-state index contributed by atoms with van der Waals surface area (Å²) in [4.78, 5) is 11.7. The third-order valence-corrected chi connectivity index (χ3v) is 2.96. The molecule has 104 valence electrons. The molecule has 0 unspecified atom stereocenters. The Kier molecular flexibility index (Phi) is 4.53. The minimum Gasteiger partial charge on any atom is -0.457 e. The number of carbonyl (C=O) groups excluding carboxylic acids is 1. The molecule has 0 aliphatic rings. The van der Waals surface area contributed by atoms with Crippen molar-refractivity contribution in [2.24, 2.45) is 0 Å². The maximum absolute atomic E-state index is 11.7. The minimum atomic E-state index is -0.500. The van der Waals surface area contributed by atoms with Gasteiger partial charge in [-0.15, -0.1) is 5.10 Å². The topological polar surface area (TPSA) is 57.0 Å². The van der Waals surface area contributed by atoms with Crippen LogP contribution in [0.15, 0.2) is 36.9 Å². The number of esters is 1. The number of halogens is 1. The third-order valence-electron chi connectivity index (χ3n) is 2.73. The van der Waals surface area contributed by atoms with Crippen LogP contribution in [0, 0.1) is 6.92 Å². The number of ether oxygens (including phenoxy) is 1. The Morgan fingerprint density at radius 1 is 1.55 bits per heavy atom. The summed E-state index contributed by atoms with van der Waals surface area (Å²) in [6.45, 7) is 5.91. The van der Waals surface area contributed by atoms with Gasteiger partial charge in [0.1, 0.15) is 6.61 Å². The van der Waals surface area contributed by atoms with E-state index < -0.39 is 5.97 Å². The fourth-order valence-corrected chi connectivity index (χ4v) is 1.92.